The van der Waals surface area contributed by atoms with Crippen molar-refractivity contribution in [2.45, 2.75) is 58.4 Å². The van der Waals surface area contributed by atoms with E-state index in [1.807, 2.05) is 0 Å². The lowest BCUT2D eigenvalue weighted by atomic mass is 9.98. The van der Waals surface area contributed by atoms with E-state index in [4.69, 9.17) is 0 Å². The molecule has 21 heavy (non-hydrogen) atoms. The maximum absolute atomic E-state index is 12.5. The summed E-state index contributed by atoms with van der Waals surface area (Å²) in [5.41, 5.74) is -0.0933. The molecule has 0 aromatic heterocycles. The summed E-state index contributed by atoms with van der Waals surface area (Å²) in [5.74, 6) is 0.409. The van der Waals surface area contributed by atoms with Gasteiger partial charge in [-0.3, -0.25) is 9.59 Å². The molecule has 1 heterocycles. The molecule has 1 aliphatic carbocycles. The zero-order valence-corrected chi connectivity index (χ0v) is 13.2. The predicted molar refractivity (Wildman–Crippen MR) is 80.6 cm³/mol. The van der Waals surface area contributed by atoms with Crippen LogP contribution in [0.15, 0.2) is 0 Å². The highest BCUT2D eigenvalue weighted by molar-refractivity contribution is 5.88. The van der Waals surface area contributed by atoms with Gasteiger partial charge in [0, 0.05) is 24.9 Å². The third-order valence-electron chi connectivity index (χ3n) is 4.66. The molecule has 0 spiro atoms. The molecular weight excluding hydrogens is 268 g/mol. The highest BCUT2D eigenvalue weighted by Gasteiger charge is 2.43. The number of aliphatic hydroxyl groups is 1. The first-order valence-corrected chi connectivity index (χ1v) is 8.15. The lowest BCUT2D eigenvalue weighted by Crippen LogP contribution is -2.52. The Morgan fingerprint density at radius 3 is 2.62 bits per heavy atom. The topological polar surface area (TPSA) is 69.6 Å². The van der Waals surface area contributed by atoms with E-state index in [-0.39, 0.29) is 29.9 Å². The molecule has 1 aliphatic heterocycles. The monoisotopic (exact) mass is 296 g/mol. The molecule has 1 saturated heterocycles. The maximum atomic E-state index is 12.5. The second-order valence-corrected chi connectivity index (χ2v) is 7.07. The number of amides is 2. The van der Waals surface area contributed by atoms with Gasteiger partial charge in [0.15, 0.2) is 0 Å². The third-order valence-corrected chi connectivity index (χ3v) is 4.66. The Morgan fingerprint density at radius 2 is 2.10 bits per heavy atom. The van der Waals surface area contributed by atoms with Crippen LogP contribution in [-0.4, -0.2) is 47.6 Å². The van der Waals surface area contributed by atoms with Gasteiger partial charge in [0.1, 0.15) is 6.04 Å². The van der Waals surface area contributed by atoms with Crippen molar-refractivity contribution < 1.29 is 14.7 Å². The van der Waals surface area contributed by atoms with Gasteiger partial charge >= 0.3 is 0 Å². The number of hydrogen-bond donors (Lipinski definition) is 2. The van der Waals surface area contributed by atoms with Gasteiger partial charge in [-0.15, -0.1) is 0 Å². The van der Waals surface area contributed by atoms with Gasteiger partial charge < -0.3 is 15.3 Å². The average molecular weight is 296 g/mol. The largest absolute Gasteiger partial charge is 0.396 e. The van der Waals surface area contributed by atoms with Crippen LogP contribution in [0.5, 0.6) is 0 Å². The van der Waals surface area contributed by atoms with Crippen LogP contribution in [0.4, 0.5) is 0 Å². The van der Waals surface area contributed by atoms with E-state index in [2.05, 4.69) is 19.2 Å². The summed E-state index contributed by atoms with van der Waals surface area (Å²) in [7, 11) is 0. The van der Waals surface area contributed by atoms with E-state index in [0.29, 0.717) is 31.8 Å². The summed E-state index contributed by atoms with van der Waals surface area (Å²) in [6.07, 6.45) is 5.11. The molecule has 0 aromatic rings. The molecule has 2 rings (SSSR count). The molecule has 1 unspecified atom stereocenters. The molecule has 120 valence electrons. The second-order valence-electron chi connectivity index (χ2n) is 7.07. The lowest BCUT2D eigenvalue weighted by molar-refractivity contribution is -0.143. The maximum Gasteiger partial charge on any atom is 0.242 e. The Bertz CT molecular complexity index is 391. The average Bonchev–Trinajstić information content (AvgIpc) is 3.23. The normalized spacial score (nSPS) is 22.3. The van der Waals surface area contributed by atoms with Crippen molar-refractivity contribution in [3.8, 4) is 0 Å². The number of nitrogens with zero attached hydrogens (tertiary/aromatic N) is 1. The zero-order chi connectivity index (χ0) is 15.5. The highest BCUT2D eigenvalue weighted by atomic mass is 16.3. The van der Waals surface area contributed by atoms with Gasteiger partial charge in [-0.2, -0.15) is 0 Å². The number of nitrogens with one attached hydrogen (secondary N) is 1. The fourth-order valence-corrected chi connectivity index (χ4v) is 2.94. The molecule has 2 N–H and O–H groups in total. The van der Waals surface area contributed by atoms with Crippen molar-refractivity contribution in [2.75, 3.05) is 19.7 Å². The smallest absolute Gasteiger partial charge is 0.242 e. The minimum absolute atomic E-state index is 0.0568. The summed E-state index contributed by atoms with van der Waals surface area (Å²) in [6.45, 7) is 5.49. The second kappa shape index (κ2) is 6.77. The minimum atomic E-state index is -0.354. The molecule has 2 fully saturated rings. The van der Waals surface area contributed by atoms with Crippen molar-refractivity contribution in [1.82, 2.24) is 10.2 Å². The van der Waals surface area contributed by atoms with Gasteiger partial charge in [-0.1, -0.05) is 13.8 Å². The van der Waals surface area contributed by atoms with Crippen molar-refractivity contribution in [3.05, 3.63) is 0 Å². The summed E-state index contributed by atoms with van der Waals surface area (Å²) >= 11 is 0. The van der Waals surface area contributed by atoms with Gasteiger partial charge in [0.05, 0.1) is 6.61 Å². The van der Waals surface area contributed by atoms with E-state index < -0.39 is 0 Å². The van der Waals surface area contributed by atoms with E-state index in [0.717, 1.165) is 25.7 Å². The molecule has 0 bridgehead atoms. The summed E-state index contributed by atoms with van der Waals surface area (Å²) in [6, 6.07) is -0.354. The molecule has 1 saturated carbocycles. The van der Waals surface area contributed by atoms with Crippen LogP contribution in [0.2, 0.25) is 0 Å². The number of likely N-dealkylation sites (tertiary alicyclic amines) is 1. The van der Waals surface area contributed by atoms with Crippen LogP contribution in [0.1, 0.15) is 52.4 Å². The highest BCUT2D eigenvalue weighted by Crippen LogP contribution is 2.44. The van der Waals surface area contributed by atoms with Crippen molar-refractivity contribution >= 4 is 11.8 Å². The first kappa shape index (κ1) is 16.3. The number of carbonyl (C=O) groups excluding carboxylic acids is 2. The Hall–Kier alpha value is -1.10. The molecule has 5 nitrogen and oxygen atoms in total. The van der Waals surface area contributed by atoms with Crippen LogP contribution in [0.25, 0.3) is 0 Å². The SMILES string of the molecule is CC(C)CC(C(=O)NCC1(CO)CC1)N1CCCCC1=O. The molecule has 0 aromatic carbocycles. The first-order chi connectivity index (χ1) is 9.97. The van der Waals surface area contributed by atoms with Crippen molar-refractivity contribution in [3.63, 3.8) is 0 Å². The van der Waals surface area contributed by atoms with Crippen LogP contribution in [-0.2, 0) is 9.59 Å². The molecule has 5 heteroatoms. The van der Waals surface area contributed by atoms with Gasteiger partial charge in [0.2, 0.25) is 11.8 Å². The lowest BCUT2D eigenvalue weighted by Gasteiger charge is -2.35. The standard InChI is InChI=1S/C16H28N2O3/c1-12(2)9-13(18-8-4-3-5-14(18)20)15(21)17-10-16(11-19)6-7-16/h12-13,19H,3-11H2,1-2H3,(H,17,21). The number of rotatable bonds is 7. The summed E-state index contributed by atoms with van der Waals surface area (Å²) in [4.78, 5) is 26.4. The Balaban J connectivity index is 1.97. The molecule has 0 radical (unpaired) electrons. The number of piperidine rings is 1. The number of aliphatic hydroxyl groups excluding tert-OH is 1. The Morgan fingerprint density at radius 1 is 1.38 bits per heavy atom. The quantitative estimate of drug-likeness (QED) is 0.744. The zero-order valence-electron chi connectivity index (χ0n) is 13.2. The number of hydrogen-bond acceptors (Lipinski definition) is 3. The first-order valence-electron chi connectivity index (χ1n) is 8.15. The minimum Gasteiger partial charge on any atom is -0.396 e. The van der Waals surface area contributed by atoms with E-state index in [1.54, 1.807) is 4.90 Å². The number of carbonyl (C=O) groups is 2. The molecule has 2 amide bonds. The van der Waals surface area contributed by atoms with Gasteiger partial charge in [0.25, 0.3) is 0 Å². The van der Waals surface area contributed by atoms with Crippen LogP contribution in [0, 0.1) is 11.3 Å². The molecular formula is C16H28N2O3. The van der Waals surface area contributed by atoms with Gasteiger partial charge in [-0.05, 0) is 38.0 Å². The van der Waals surface area contributed by atoms with E-state index in [9.17, 15) is 14.7 Å². The Labute approximate surface area is 127 Å². The predicted octanol–water partition coefficient (Wildman–Crippen LogP) is 1.30. The van der Waals surface area contributed by atoms with Crippen LogP contribution >= 0.6 is 0 Å². The van der Waals surface area contributed by atoms with Crippen LogP contribution < -0.4 is 5.32 Å². The summed E-state index contributed by atoms with van der Waals surface area (Å²) in [5, 5.41) is 12.3. The van der Waals surface area contributed by atoms with Crippen molar-refractivity contribution in [2.24, 2.45) is 11.3 Å². The Kier molecular flexibility index (Phi) is 5.25. The van der Waals surface area contributed by atoms with E-state index >= 15 is 0 Å². The summed E-state index contributed by atoms with van der Waals surface area (Å²) < 4.78 is 0. The van der Waals surface area contributed by atoms with Crippen molar-refractivity contribution in [1.29, 1.82) is 0 Å². The molecule has 1 atom stereocenters. The fourth-order valence-electron chi connectivity index (χ4n) is 2.94. The van der Waals surface area contributed by atoms with E-state index in [1.165, 1.54) is 0 Å². The van der Waals surface area contributed by atoms with Crippen LogP contribution in [0.3, 0.4) is 0 Å². The molecule has 2 aliphatic rings. The third kappa shape index (κ3) is 4.19. The fraction of sp³-hybridized carbons (Fsp3) is 0.875. The van der Waals surface area contributed by atoms with Gasteiger partial charge in [-0.25, -0.2) is 0 Å².